The molecule has 0 atom stereocenters. The quantitative estimate of drug-likeness (QED) is 0.891. The number of halogens is 1. The molecule has 1 aromatic rings. The second-order valence-corrected chi connectivity index (χ2v) is 5.74. The molecular weight excluding hydrogens is 292 g/mol. The van der Waals surface area contributed by atoms with Crippen molar-refractivity contribution in [2.45, 2.75) is 38.1 Å². The van der Waals surface area contributed by atoms with Gasteiger partial charge in [-0.05, 0) is 31.0 Å². The van der Waals surface area contributed by atoms with Gasteiger partial charge < -0.3 is 15.3 Å². The van der Waals surface area contributed by atoms with Crippen LogP contribution in [0.5, 0.6) is 0 Å². The summed E-state index contributed by atoms with van der Waals surface area (Å²) < 4.78 is 0. The first-order valence-corrected chi connectivity index (χ1v) is 7.43. The van der Waals surface area contributed by atoms with E-state index in [0.717, 1.165) is 25.7 Å². The molecule has 2 amide bonds. The molecule has 0 unspecified atom stereocenters. The number of amides is 2. The van der Waals surface area contributed by atoms with E-state index in [9.17, 15) is 9.59 Å². The fraction of sp³-hybridized carbons (Fsp3) is 0.467. The van der Waals surface area contributed by atoms with Crippen LogP contribution in [0.4, 0.5) is 10.5 Å². The number of nitrogens with zero attached hydrogens (tertiary/aromatic N) is 1. The summed E-state index contributed by atoms with van der Waals surface area (Å²) in [6.07, 6.45) is 5.58. The van der Waals surface area contributed by atoms with E-state index in [1.165, 1.54) is 24.6 Å². The standard InChI is InChI=1S/C15H19ClN2O3/c1-18(11-5-3-2-4-6-11)15(21)17-13-8-7-10(14(19)20)9-12(13)16/h7-9,11H,2-6H2,1H3,(H,17,21)(H,19,20). The van der Waals surface area contributed by atoms with Gasteiger partial charge in [0.2, 0.25) is 0 Å². The van der Waals surface area contributed by atoms with Gasteiger partial charge in [-0.3, -0.25) is 0 Å². The van der Waals surface area contributed by atoms with Crippen molar-refractivity contribution in [2.24, 2.45) is 0 Å². The van der Waals surface area contributed by atoms with Crippen molar-refractivity contribution < 1.29 is 14.7 Å². The molecule has 6 heteroatoms. The maximum absolute atomic E-state index is 12.2. The molecule has 0 spiro atoms. The molecule has 1 aliphatic carbocycles. The Bertz CT molecular complexity index is 542. The Morgan fingerprint density at radius 1 is 1.29 bits per heavy atom. The number of carboxylic acids is 1. The molecule has 0 saturated heterocycles. The Morgan fingerprint density at radius 2 is 1.95 bits per heavy atom. The van der Waals surface area contributed by atoms with Gasteiger partial charge in [-0.15, -0.1) is 0 Å². The maximum atomic E-state index is 12.2. The monoisotopic (exact) mass is 310 g/mol. The molecule has 0 heterocycles. The van der Waals surface area contributed by atoms with Crippen molar-refractivity contribution in [3.63, 3.8) is 0 Å². The second kappa shape index (κ2) is 6.80. The highest BCUT2D eigenvalue weighted by Gasteiger charge is 2.22. The summed E-state index contributed by atoms with van der Waals surface area (Å²) in [6, 6.07) is 4.31. The van der Waals surface area contributed by atoms with Gasteiger partial charge in [0.1, 0.15) is 0 Å². The van der Waals surface area contributed by atoms with Crippen LogP contribution in [0.2, 0.25) is 5.02 Å². The highest BCUT2D eigenvalue weighted by molar-refractivity contribution is 6.34. The summed E-state index contributed by atoms with van der Waals surface area (Å²) in [6.45, 7) is 0. The van der Waals surface area contributed by atoms with Crippen LogP contribution in [-0.2, 0) is 0 Å². The average molecular weight is 311 g/mol. The Hall–Kier alpha value is -1.75. The van der Waals surface area contributed by atoms with Gasteiger partial charge in [0, 0.05) is 13.1 Å². The van der Waals surface area contributed by atoms with Crippen molar-refractivity contribution in [3.05, 3.63) is 28.8 Å². The minimum Gasteiger partial charge on any atom is -0.478 e. The zero-order valence-corrected chi connectivity index (χ0v) is 12.7. The third-order valence-electron chi connectivity index (χ3n) is 3.90. The topological polar surface area (TPSA) is 69.6 Å². The SMILES string of the molecule is CN(C(=O)Nc1ccc(C(=O)O)cc1Cl)C1CCCCC1. The predicted molar refractivity (Wildman–Crippen MR) is 82.1 cm³/mol. The molecule has 1 aliphatic rings. The van der Waals surface area contributed by atoms with Gasteiger partial charge in [0.15, 0.2) is 0 Å². The van der Waals surface area contributed by atoms with Gasteiger partial charge in [-0.1, -0.05) is 30.9 Å². The van der Waals surface area contributed by atoms with Crippen LogP contribution in [-0.4, -0.2) is 35.1 Å². The number of nitrogens with one attached hydrogen (secondary N) is 1. The third kappa shape index (κ3) is 3.88. The number of carboxylic acid groups (broad SMARTS) is 1. The number of benzene rings is 1. The predicted octanol–water partition coefficient (Wildman–Crippen LogP) is 3.83. The molecule has 0 radical (unpaired) electrons. The van der Waals surface area contributed by atoms with Gasteiger partial charge in [0.05, 0.1) is 16.3 Å². The Kier molecular flexibility index (Phi) is 5.07. The summed E-state index contributed by atoms with van der Waals surface area (Å²) in [7, 11) is 1.78. The van der Waals surface area contributed by atoms with Gasteiger partial charge in [0.25, 0.3) is 0 Å². The molecule has 114 valence electrons. The van der Waals surface area contributed by atoms with E-state index >= 15 is 0 Å². The van der Waals surface area contributed by atoms with Crippen LogP contribution in [0, 0.1) is 0 Å². The summed E-state index contributed by atoms with van der Waals surface area (Å²) in [5, 5.41) is 11.8. The number of carbonyl (C=O) groups excluding carboxylic acids is 1. The van der Waals surface area contributed by atoms with E-state index in [-0.39, 0.29) is 22.7 Å². The molecule has 1 aromatic carbocycles. The number of carbonyl (C=O) groups is 2. The highest BCUT2D eigenvalue weighted by atomic mass is 35.5. The number of urea groups is 1. The van der Waals surface area contributed by atoms with Crippen LogP contribution >= 0.6 is 11.6 Å². The van der Waals surface area contributed by atoms with Crippen LogP contribution in [0.25, 0.3) is 0 Å². The second-order valence-electron chi connectivity index (χ2n) is 5.33. The third-order valence-corrected chi connectivity index (χ3v) is 4.21. The summed E-state index contributed by atoms with van der Waals surface area (Å²) in [5.41, 5.74) is 0.521. The van der Waals surface area contributed by atoms with Crippen molar-refractivity contribution >= 4 is 29.3 Å². The first-order chi connectivity index (χ1) is 9.99. The van der Waals surface area contributed by atoms with E-state index in [4.69, 9.17) is 16.7 Å². The first-order valence-electron chi connectivity index (χ1n) is 7.05. The van der Waals surface area contributed by atoms with Crippen molar-refractivity contribution in [1.82, 2.24) is 4.90 Å². The zero-order valence-electron chi connectivity index (χ0n) is 11.9. The van der Waals surface area contributed by atoms with Crippen molar-refractivity contribution in [2.75, 3.05) is 12.4 Å². The molecule has 1 saturated carbocycles. The molecule has 2 N–H and O–H groups in total. The van der Waals surface area contributed by atoms with Crippen molar-refractivity contribution in [1.29, 1.82) is 0 Å². The van der Waals surface area contributed by atoms with Gasteiger partial charge in [-0.25, -0.2) is 9.59 Å². The van der Waals surface area contributed by atoms with Crippen molar-refractivity contribution in [3.8, 4) is 0 Å². The van der Waals surface area contributed by atoms with E-state index in [1.807, 2.05) is 0 Å². The largest absolute Gasteiger partial charge is 0.478 e. The van der Waals surface area contributed by atoms with E-state index < -0.39 is 5.97 Å². The Labute approximate surface area is 128 Å². The van der Waals surface area contributed by atoms with Crippen LogP contribution in [0.1, 0.15) is 42.5 Å². The van der Waals surface area contributed by atoms with Gasteiger partial charge >= 0.3 is 12.0 Å². The molecule has 0 aliphatic heterocycles. The summed E-state index contributed by atoms with van der Waals surface area (Å²) in [5.74, 6) is -1.05. The van der Waals surface area contributed by atoms with Crippen LogP contribution < -0.4 is 5.32 Å². The lowest BCUT2D eigenvalue weighted by Gasteiger charge is -2.31. The van der Waals surface area contributed by atoms with E-state index in [1.54, 1.807) is 11.9 Å². The molecule has 1 fully saturated rings. The lowest BCUT2D eigenvalue weighted by molar-refractivity contribution is 0.0697. The fourth-order valence-corrected chi connectivity index (χ4v) is 2.81. The van der Waals surface area contributed by atoms with Crippen LogP contribution in [0.15, 0.2) is 18.2 Å². The van der Waals surface area contributed by atoms with Crippen LogP contribution in [0.3, 0.4) is 0 Å². The van der Waals surface area contributed by atoms with Gasteiger partial charge in [-0.2, -0.15) is 0 Å². The number of rotatable bonds is 3. The molecule has 0 aromatic heterocycles. The smallest absolute Gasteiger partial charge is 0.335 e. The minimum absolute atomic E-state index is 0.0960. The lowest BCUT2D eigenvalue weighted by Crippen LogP contribution is -2.40. The Balaban J connectivity index is 2.03. The molecule has 21 heavy (non-hydrogen) atoms. The molecule has 0 bridgehead atoms. The van der Waals surface area contributed by atoms with E-state index in [0.29, 0.717) is 5.69 Å². The maximum Gasteiger partial charge on any atom is 0.335 e. The summed E-state index contributed by atoms with van der Waals surface area (Å²) >= 11 is 6.01. The number of anilines is 1. The minimum atomic E-state index is -1.05. The molecular formula is C15H19ClN2O3. The number of aromatic carboxylic acids is 1. The number of hydrogen-bond acceptors (Lipinski definition) is 2. The zero-order chi connectivity index (χ0) is 15.4. The average Bonchev–Trinajstić information content (AvgIpc) is 2.49. The lowest BCUT2D eigenvalue weighted by atomic mass is 9.95. The molecule has 5 nitrogen and oxygen atoms in total. The summed E-state index contributed by atoms with van der Waals surface area (Å²) in [4.78, 5) is 24.8. The molecule has 2 rings (SSSR count). The van der Waals surface area contributed by atoms with E-state index in [2.05, 4.69) is 5.32 Å². The first kappa shape index (κ1) is 15.6. The normalized spacial score (nSPS) is 15.5. The fourth-order valence-electron chi connectivity index (χ4n) is 2.59. The highest BCUT2D eigenvalue weighted by Crippen LogP contribution is 2.25. The Morgan fingerprint density at radius 3 is 2.52 bits per heavy atom. The number of hydrogen-bond donors (Lipinski definition) is 2.